The van der Waals surface area contributed by atoms with Crippen molar-refractivity contribution in [3.05, 3.63) is 29.8 Å². The number of hydrogen-bond donors (Lipinski definition) is 0. The molecule has 0 bridgehead atoms. The zero-order valence-electron chi connectivity index (χ0n) is 15.4. The molecule has 0 aromatic heterocycles. The van der Waals surface area contributed by atoms with Gasteiger partial charge in [0.1, 0.15) is 6.61 Å². The molecule has 1 amide bonds. The molecular formula is C19H26N2O5S. The van der Waals surface area contributed by atoms with E-state index in [2.05, 4.69) is 0 Å². The quantitative estimate of drug-likeness (QED) is 0.690. The van der Waals surface area contributed by atoms with Crippen LogP contribution in [0.15, 0.2) is 29.2 Å². The molecule has 1 aromatic rings. The Morgan fingerprint density at radius 1 is 0.963 bits per heavy atom. The highest BCUT2D eigenvalue weighted by Gasteiger charge is 2.25. The Kier molecular flexibility index (Phi) is 6.49. The lowest BCUT2D eigenvalue weighted by Gasteiger charge is -2.20. The van der Waals surface area contributed by atoms with Gasteiger partial charge in [0.05, 0.1) is 17.0 Å². The fourth-order valence-electron chi connectivity index (χ4n) is 3.47. The first-order valence-corrected chi connectivity index (χ1v) is 11.0. The Bertz CT molecular complexity index is 768. The van der Waals surface area contributed by atoms with Crippen LogP contribution in [-0.4, -0.2) is 62.3 Å². The smallest absolute Gasteiger partial charge is 0.338 e. The van der Waals surface area contributed by atoms with Crippen molar-refractivity contribution in [2.45, 2.75) is 43.4 Å². The second-order valence-corrected chi connectivity index (χ2v) is 8.90. The number of likely N-dealkylation sites (tertiary alicyclic amines) is 1. The van der Waals surface area contributed by atoms with Crippen LogP contribution in [0.2, 0.25) is 0 Å². The molecule has 1 aromatic carbocycles. The third kappa shape index (κ3) is 4.87. The molecule has 7 nitrogen and oxygen atoms in total. The summed E-state index contributed by atoms with van der Waals surface area (Å²) >= 11 is 0. The number of carbonyl (C=O) groups excluding carboxylic acids is 2. The molecule has 2 heterocycles. The van der Waals surface area contributed by atoms with Crippen LogP contribution in [0.3, 0.4) is 0 Å². The summed E-state index contributed by atoms with van der Waals surface area (Å²) in [5.74, 6) is -0.422. The van der Waals surface area contributed by atoms with Crippen LogP contribution >= 0.6 is 0 Å². The lowest BCUT2D eigenvalue weighted by molar-refractivity contribution is -0.128. The van der Waals surface area contributed by atoms with E-state index in [9.17, 15) is 18.0 Å². The molecule has 8 heteroatoms. The third-order valence-electron chi connectivity index (χ3n) is 5.06. The summed E-state index contributed by atoms with van der Waals surface area (Å²) in [6.45, 7) is 2.33. The van der Waals surface area contributed by atoms with Crippen molar-refractivity contribution in [3.63, 3.8) is 0 Å². The Labute approximate surface area is 160 Å². The predicted octanol–water partition coefficient (Wildman–Crippen LogP) is 2.03. The van der Waals surface area contributed by atoms with Gasteiger partial charge in [0, 0.05) is 26.1 Å². The van der Waals surface area contributed by atoms with Gasteiger partial charge in [-0.25, -0.2) is 13.2 Å². The Morgan fingerprint density at radius 2 is 1.63 bits per heavy atom. The van der Waals surface area contributed by atoms with Crippen LogP contribution in [0.5, 0.6) is 0 Å². The summed E-state index contributed by atoms with van der Waals surface area (Å²) < 4.78 is 32.2. The highest BCUT2D eigenvalue weighted by atomic mass is 32.2. The lowest BCUT2D eigenvalue weighted by Crippen LogP contribution is -2.32. The summed E-state index contributed by atoms with van der Waals surface area (Å²) in [5.41, 5.74) is 0.303. The number of sulfonamides is 1. The fourth-order valence-corrected chi connectivity index (χ4v) is 4.98. The minimum Gasteiger partial charge on any atom is -0.460 e. The van der Waals surface area contributed by atoms with E-state index in [0.717, 1.165) is 32.1 Å². The number of rotatable bonds is 6. The fraction of sp³-hybridized carbons (Fsp3) is 0.579. The molecular weight excluding hydrogens is 368 g/mol. The van der Waals surface area contributed by atoms with E-state index in [0.29, 0.717) is 38.2 Å². The van der Waals surface area contributed by atoms with Gasteiger partial charge in [-0.3, -0.25) is 4.79 Å². The van der Waals surface area contributed by atoms with Gasteiger partial charge in [-0.05, 0) is 43.5 Å². The SMILES string of the molecule is O=C(OCCN1CCCC1=O)c1ccc(S(=O)(=O)N2CCCCCC2)cc1. The number of nitrogens with zero attached hydrogens (tertiary/aromatic N) is 2. The molecule has 0 saturated carbocycles. The molecule has 0 unspecified atom stereocenters. The zero-order valence-corrected chi connectivity index (χ0v) is 16.2. The maximum atomic E-state index is 12.7. The van der Waals surface area contributed by atoms with E-state index in [1.807, 2.05) is 0 Å². The number of carbonyl (C=O) groups is 2. The van der Waals surface area contributed by atoms with E-state index >= 15 is 0 Å². The number of benzene rings is 1. The largest absolute Gasteiger partial charge is 0.460 e. The Morgan fingerprint density at radius 3 is 2.22 bits per heavy atom. The average molecular weight is 394 g/mol. The second kappa shape index (κ2) is 8.84. The van der Waals surface area contributed by atoms with Gasteiger partial charge in [0.25, 0.3) is 0 Å². The number of esters is 1. The van der Waals surface area contributed by atoms with Gasteiger partial charge in [-0.15, -0.1) is 0 Å². The summed E-state index contributed by atoms with van der Waals surface area (Å²) in [6, 6.07) is 5.88. The van der Waals surface area contributed by atoms with Crippen molar-refractivity contribution in [1.82, 2.24) is 9.21 Å². The summed E-state index contributed by atoms with van der Waals surface area (Å²) in [6.07, 6.45) is 5.27. The normalized spacial score (nSPS) is 19.1. The van der Waals surface area contributed by atoms with Crippen LogP contribution in [-0.2, 0) is 19.6 Å². The molecule has 0 N–H and O–H groups in total. The number of ether oxygens (including phenoxy) is 1. The zero-order chi connectivity index (χ0) is 19.3. The molecule has 0 atom stereocenters. The van der Waals surface area contributed by atoms with Crippen molar-refractivity contribution >= 4 is 21.9 Å². The Hall–Kier alpha value is -1.93. The summed E-state index contributed by atoms with van der Waals surface area (Å²) in [5, 5.41) is 0. The predicted molar refractivity (Wildman–Crippen MR) is 99.8 cm³/mol. The molecule has 3 rings (SSSR count). The monoisotopic (exact) mass is 394 g/mol. The molecule has 2 aliphatic rings. The molecule has 0 radical (unpaired) electrons. The molecule has 2 fully saturated rings. The van der Waals surface area contributed by atoms with Gasteiger partial charge in [0.15, 0.2) is 0 Å². The van der Waals surface area contributed by atoms with Crippen LogP contribution in [0, 0.1) is 0 Å². The van der Waals surface area contributed by atoms with Crippen LogP contribution in [0.25, 0.3) is 0 Å². The van der Waals surface area contributed by atoms with E-state index in [1.54, 1.807) is 4.90 Å². The van der Waals surface area contributed by atoms with E-state index in [4.69, 9.17) is 4.74 Å². The number of amides is 1. The van der Waals surface area contributed by atoms with Crippen LogP contribution in [0.4, 0.5) is 0 Å². The molecule has 148 valence electrons. The minimum atomic E-state index is -3.52. The molecule has 2 saturated heterocycles. The van der Waals surface area contributed by atoms with Crippen molar-refractivity contribution in [2.75, 3.05) is 32.8 Å². The molecule has 2 aliphatic heterocycles. The van der Waals surface area contributed by atoms with E-state index in [-0.39, 0.29) is 17.4 Å². The van der Waals surface area contributed by atoms with Crippen molar-refractivity contribution in [2.24, 2.45) is 0 Å². The van der Waals surface area contributed by atoms with Crippen LogP contribution in [0.1, 0.15) is 48.9 Å². The highest BCUT2D eigenvalue weighted by molar-refractivity contribution is 7.89. The summed E-state index contributed by atoms with van der Waals surface area (Å²) in [7, 11) is -3.52. The summed E-state index contributed by atoms with van der Waals surface area (Å²) in [4.78, 5) is 25.5. The average Bonchev–Trinajstić information content (AvgIpc) is 2.90. The highest BCUT2D eigenvalue weighted by Crippen LogP contribution is 2.21. The Balaban J connectivity index is 1.57. The van der Waals surface area contributed by atoms with E-state index < -0.39 is 16.0 Å². The van der Waals surface area contributed by atoms with Crippen molar-refractivity contribution < 1.29 is 22.7 Å². The van der Waals surface area contributed by atoms with Crippen LogP contribution < -0.4 is 0 Å². The van der Waals surface area contributed by atoms with Gasteiger partial charge in [-0.1, -0.05) is 12.8 Å². The maximum absolute atomic E-state index is 12.7. The molecule has 0 spiro atoms. The first kappa shape index (κ1) is 19.8. The first-order valence-electron chi connectivity index (χ1n) is 9.53. The van der Waals surface area contributed by atoms with Gasteiger partial charge >= 0.3 is 5.97 Å². The molecule has 27 heavy (non-hydrogen) atoms. The first-order chi connectivity index (χ1) is 13.0. The lowest BCUT2D eigenvalue weighted by atomic mass is 10.2. The van der Waals surface area contributed by atoms with Crippen molar-refractivity contribution in [3.8, 4) is 0 Å². The van der Waals surface area contributed by atoms with Gasteiger partial charge < -0.3 is 9.64 Å². The second-order valence-electron chi connectivity index (χ2n) is 6.96. The maximum Gasteiger partial charge on any atom is 0.338 e. The third-order valence-corrected chi connectivity index (χ3v) is 6.97. The van der Waals surface area contributed by atoms with E-state index in [1.165, 1.54) is 28.6 Å². The van der Waals surface area contributed by atoms with Gasteiger partial charge in [-0.2, -0.15) is 4.31 Å². The van der Waals surface area contributed by atoms with Crippen molar-refractivity contribution in [1.29, 1.82) is 0 Å². The minimum absolute atomic E-state index is 0.0918. The molecule has 0 aliphatic carbocycles. The topological polar surface area (TPSA) is 84.0 Å². The number of hydrogen-bond acceptors (Lipinski definition) is 5. The standard InChI is InChI=1S/C19H26N2O5S/c22-18-6-5-11-20(18)14-15-26-19(23)16-7-9-17(10-8-16)27(24,25)21-12-3-1-2-4-13-21/h7-10H,1-6,11-15H2. The van der Waals surface area contributed by atoms with Gasteiger partial charge in [0.2, 0.25) is 15.9 Å².